The molecule has 34 heavy (non-hydrogen) atoms. The van der Waals surface area contributed by atoms with Crippen LogP contribution in [0.1, 0.15) is 65.4 Å². The number of aromatic nitrogens is 1. The lowest BCUT2D eigenvalue weighted by Crippen LogP contribution is -2.53. The van der Waals surface area contributed by atoms with Crippen molar-refractivity contribution in [2.24, 2.45) is 5.92 Å². The summed E-state index contributed by atoms with van der Waals surface area (Å²) in [6, 6.07) is 1.51. The number of hydrogen-bond acceptors (Lipinski definition) is 7. The smallest absolute Gasteiger partial charge is 0.223 e. The van der Waals surface area contributed by atoms with Crippen molar-refractivity contribution in [1.29, 1.82) is 5.41 Å². The molecular formula is C24H35FN4O4S. The van der Waals surface area contributed by atoms with Gasteiger partial charge in [0.2, 0.25) is 11.8 Å². The molecule has 8 nitrogen and oxygen atoms in total. The Labute approximate surface area is 201 Å². The first-order chi connectivity index (χ1) is 15.9. The Kier molecular flexibility index (Phi) is 8.00. The summed E-state index contributed by atoms with van der Waals surface area (Å²) in [5, 5.41) is 15.2. The summed E-state index contributed by atoms with van der Waals surface area (Å²) in [6.45, 7) is 8.04. The number of rotatable bonds is 8. The Morgan fingerprint density at radius 3 is 2.65 bits per heavy atom. The van der Waals surface area contributed by atoms with Crippen LogP contribution in [0, 0.1) is 17.1 Å². The number of carbonyl (C=O) groups excluding carboxylic acids is 1. The normalized spacial score (nSPS) is 21.8. The van der Waals surface area contributed by atoms with Crippen LogP contribution in [-0.4, -0.2) is 54.7 Å². The number of carbonyl (C=O) groups is 1. The fourth-order valence-electron chi connectivity index (χ4n) is 4.45. The van der Waals surface area contributed by atoms with Gasteiger partial charge in [-0.1, -0.05) is 0 Å². The zero-order valence-corrected chi connectivity index (χ0v) is 21.1. The fourth-order valence-corrected chi connectivity index (χ4v) is 6.18. The summed E-state index contributed by atoms with van der Waals surface area (Å²) >= 11 is 0. The number of ether oxygens (including phenoxy) is 1. The highest BCUT2D eigenvalue weighted by Crippen LogP contribution is 2.33. The molecule has 3 rings (SSSR count). The molecule has 188 valence electrons. The molecule has 1 atom stereocenters. The van der Waals surface area contributed by atoms with E-state index in [1.165, 1.54) is 6.07 Å². The Morgan fingerprint density at radius 2 is 2.03 bits per heavy atom. The van der Waals surface area contributed by atoms with Crippen LogP contribution in [0.15, 0.2) is 23.5 Å². The van der Waals surface area contributed by atoms with Crippen LogP contribution < -0.4 is 15.4 Å². The highest BCUT2D eigenvalue weighted by atomic mass is 32.2. The van der Waals surface area contributed by atoms with E-state index < -0.39 is 21.2 Å². The lowest BCUT2D eigenvalue weighted by Gasteiger charge is -2.37. The van der Waals surface area contributed by atoms with Gasteiger partial charge in [0.15, 0.2) is 5.82 Å². The maximum Gasteiger partial charge on any atom is 0.223 e. The third kappa shape index (κ3) is 6.34. The summed E-state index contributed by atoms with van der Waals surface area (Å²) < 4.78 is 43.5. The molecule has 0 bridgehead atoms. The summed E-state index contributed by atoms with van der Waals surface area (Å²) in [7, 11) is -3.03. The largest absolute Gasteiger partial charge is 0.478 e. The monoisotopic (exact) mass is 494 g/mol. The molecule has 1 aliphatic heterocycles. The van der Waals surface area contributed by atoms with Crippen molar-refractivity contribution < 1.29 is 22.3 Å². The zero-order chi connectivity index (χ0) is 25.1. The second-order valence-electron chi connectivity index (χ2n) is 9.71. The molecule has 10 heteroatoms. The maximum atomic E-state index is 14.6. The first-order valence-electron chi connectivity index (χ1n) is 11.8. The SMILES string of the molecule is CCOc1cc(C(=N)C2=C(NC(C)C)C[C@H](C(=O)NC3(C)CCS(=O)(=O)CC3)CC2)c(F)cn1. The van der Waals surface area contributed by atoms with Crippen molar-refractivity contribution in [3.8, 4) is 5.88 Å². The van der Waals surface area contributed by atoms with Gasteiger partial charge in [0.05, 0.1) is 30.0 Å². The molecule has 3 N–H and O–H groups in total. The number of nitrogens with zero attached hydrogens (tertiary/aromatic N) is 1. The number of pyridine rings is 1. The molecule has 1 saturated heterocycles. The molecule has 1 aromatic heterocycles. The molecule has 1 aliphatic carbocycles. The standard InChI is InChI=1S/C24H35FN4O4S/c1-5-33-21-13-18(19(25)14-27-21)22(26)17-7-6-16(12-20(17)28-15(2)3)23(30)29-24(4)8-10-34(31,32)11-9-24/h13-16,26,28H,5-12H2,1-4H3,(H,29,30)/t16-/m1/s1. The predicted molar refractivity (Wildman–Crippen MR) is 129 cm³/mol. The molecule has 0 unspecified atom stereocenters. The number of hydrogen-bond donors (Lipinski definition) is 3. The lowest BCUT2D eigenvalue weighted by molar-refractivity contribution is -0.127. The van der Waals surface area contributed by atoms with E-state index >= 15 is 0 Å². The minimum Gasteiger partial charge on any atom is -0.478 e. The van der Waals surface area contributed by atoms with E-state index in [4.69, 9.17) is 10.1 Å². The van der Waals surface area contributed by atoms with Crippen molar-refractivity contribution in [2.45, 2.75) is 71.4 Å². The van der Waals surface area contributed by atoms with E-state index in [2.05, 4.69) is 15.6 Å². The summed E-state index contributed by atoms with van der Waals surface area (Å²) in [5.41, 5.74) is 1.08. The average molecular weight is 495 g/mol. The first kappa shape index (κ1) is 26.1. The van der Waals surface area contributed by atoms with Gasteiger partial charge in [0.25, 0.3) is 0 Å². The van der Waals surface area contributed by atoms with Crippen molar-refractivity contribution in [2.75, 3.05) is 18.1 Å². The number of amides is 1. The number of halogens is 1. The zero-order valence-electron chi connectivity index (χ0n) is 20.3. The first-order valence-corrected chi connectivity index (χ1v) is 13.6. The van der Waals surface area contributed by atoms with Gasteiger partial charge < -0.3 is 15.4 Å². The molecule has 0 spiro atoms. The quantitative estimate of drug-likeness (QED) is 0.478. The van der Waals surface area contributed by atoms with Crippen LogP contribution in [0.2, 0.25) is 0 Å². The third-order valence-corrected chi connectivity index (χ3v) is 8.09. The summed E-state index contributed by atoms with van der Waals surface area (Å²) in [5.74, 6) is -0.587. The van der Waals surface area contributed by atoms with Crippen molar-refractivity contribution in [3.05, 3.63) is 34.9 Å². The van der Waals surface area contributed by atoms with E-state index in [1.54, 1.807) is 0 Å². The molecular weight excluding hydrogens is 459 g/mol. The van der Waals surface area contributed by atoms with Crippen LogP contribution in [0.25, 0.3) is 0 Å². The Hall–Kier alpha value is -2.49. The van der Waals surface area contributed by atoms with Gasteiger partial charge in [0, 0.05) is 34.8 Å². The molecule has 2 aliphatic rings. The maximum absolute atomic E-state index is 14.6. The van der Waals surface area contributed by atoms with Crippen LogP contribution in [-0.2, 0) is 14.6 Å². The van der Waals surface area contributed by atoms with E-state index in [0.29, 0.717) is 44.3 Å². The fraction of sp³-hybridized carbons (Fsp3) is 0.625. The molecule has 1 aromatic rings. The number of sulfone groups is 1. The highest BCUT2D eigenvalue weighted by Gasteiger charge is 2.37. The van der Waals surface area contributed by atoms with Crippen LogP contribution >= 0.6 is 0 Å². The van der Waals surface area contributed by atoms with Gasteiger partial charge in [-0.25, -0.2) is 17.8 Å². The Bertz CT molecular complexity index is 1070. The molecule has 1 amide bonds. The van der Waals surface area contributed by atoms with Crippen LogP contribution in [0.5, 0.6) is 5.88 Å². The predicted octanol–water partition coefficient (Wildman–Crippen LogP) is 3.12. The molecule has 2 heterocycles. The number of allylic oxidation sites excluding steroid dienone is 2. The molecule has 0 saturated carbocycles. The van der Waals surface area contributed by atoms with Gasteiger partial charge >= 0.3 is 0 Å². The minimum absolute atomic E-state index is 0.0623. The van der Waals surface area contributed by atoms with Gasteiger partial charge in [-0.05, 0) is 65.4 Å². The minimum atomic E-state index is -3.03. The van der Waals surface area contributed by atoms with Crippen LogP contribution in [0.4, 0.5) is 4.39 Å². The Balaban J connectivity index is 1.80. The van der Waals surface area contributed by atoms with Gasteiger partial charge in [-0.3, -0.25) is 10.2 Å². The van der Waals surface area contributed by atoms with Crippen LogP contribution in [0.3, 0.4) is 0 Å². The van der Waals surface area contributed by atoms with E-state index in [9.17, 15) is 17.6 Å². The summed E-state index contributed by atoms with van der Waals surface area (Å²) in [4.78, 5) is 17.0. The van der Waals surface area contributed by atoms with Crippen molar-refractivity contribution >= 4 is 21.5 Å². The highest BCUT2D eigenvalue weighted by molar-refractivity contribution is 7.91. The van der Waals surface area contributed by atoms with E-state index in [-0.39, 0.29) is 46.5 Å². The van der Waals surface area contributed by atoms with E-state index in [0.717, 1.165) is 11.9 Å². The summed E-state index contributed by atoms with van der Waals surface area (Å²) in [6.07, 6.45) is 3.24. The van der Waals surface area contributed by atoms with Crippen molar-refractivity contribution in [1.82, 2.24) is 15.6 Å². The average Bonchev–Trinajstić information content (AvgIpc) is 2.77. The molecule has 1 fully saturated rings. The third-order valence-electron chi connectivity index (χ3n) is 6.44. The molecule has 0 aromatic carbocycles. The van der Waals surface area contributed by atoms with Gasteiger partial charge in [0.1, 0.15) is 9.84 Å². The Morgan fingerprint density at radius 1 is 1.35 bits per heavy atom. The number of nitrogens with one attached hydrogen (secondary N) is 3. The van der Waals surface area contributed by atoms with E-state index in [1.807, 2.05) is 27.7 Å². The second kappa shape index (κ2) is 10.4. The topological polar surface area (TPSA) is 121 Å². The molecule has 0 radical (unpaired) electrons. The lowest BCUT2D eigenvalue weighted by atomic mass is 9.82. The second-order valence-corrected chi connectivity index (χ2v) is 12.0. The van der Waals surface area contributed by atoms with Gasteiger partial charge in [-0.2, -0.15) is 0 Å². The van der Waals surface area contributed by atoms with Crippen molar-refractivity contribution in [3.63, 3.8) is 0 Å². The van der Waals surface area contributed by atoms with Gasteiger partial charge in [-0.15, -0.1) is 0 Å².